The Balaban J connectivity index is 1.67. The number of carbonyl (C=O) groups excluding carboxylic acids is 1. The van der Waals surface area contributed by atoms with Crippen molar-refractivity contribution in [3.8, 4) is 22.9 Å². The maximum absolute atomic E-state index is 13.2. The van der Waals surface area contributed by atoms with Gasteiger partial charge in [0.25, 0.3) is 5.56 Å². The third-order valence-corrected chi connectivity index (χ3v) is 6.00. The molecule has 3 aromatic rings. The van der Waals surface area contributed by atoms with Crippen molar-refractivity contribution in [2.45, 2.75) is 32.1 Å². The molecular formula is C20H15N3O6. The number of benzene rings is 1. The van der Waals surface area contributed by atoms with E-state index >= 15 is 0 Å². The van der Waals surface area contributed by atoms with E-state index in [2.05, 4.69) is 0 Å². The summed E-state index contributed by atoms with van der Waals surface area (Å²) < 4.78 is 6.63. The van der Waals surface area contributed by atoms with E-state index in [9.17, 15) is 14.7 Å². The molecule has 3 aliphatic heterocycles. The van der Waals surface area contributed by atoms with E-state index in [1.807, 2.05) is 0 Å². The molecule has 6 rings (SSSR count). The Morgan fingerprint density at radius 3 is 2.83 bits per heavy atom. The number of anilines is 1. The summed E-state index contributed by atoms with van der Waals surface area (Å²) in [5.74, 6) is 0.137. The molecular weight excluding hydrogens is 378 g/mol. The van der Waals surface area contributed by atoms with Crippen molar-refractivity contribution in [1.29, 1.82) is 0 Å². The fourth-order valence-electron chi connectivity index (χ4n) is 4.38. The number of rotatable bonds is 1. The summed E-state index contributed by atoms with van der Waals surface area (Å²) in [6.45, 7) is 1.72. The molecule has 0 spiro atoms. The molecule has 3 aliphatic rings. The summed E-state index contributed by atoms with van der Waals surface area (Å²) in [6, 6.07) is 5.09. The van der Waals surface area contributed by atoms with Crippen molar-refractivity contribution >= 4 is 22.6 Å². The van der Waals surface area contributed by atoms with Gasteiger partial charge >= 0.3 is 5.97 Å². The van der Waals surface area contributed by atoms with Gasteiger partial charge in [0.2, 0.25) is 5.75 Å². The van der Waals surface area contributed by atoms with Crippen molar-refractivity contribution in [1.82, 2.24) is 9.55 Å². The number of hydrogen-bond donors (Lipinski definition) is 2. The SMILES string of the molecule is CC[C@@]1(O)C(=O)OCc2c1cc1n(c2=O)Cc2c-1nc1ccc(N)c3c1c2OO3. The fraction of sp³-hybridized carbons (Fsp3) is 0.250. The Kier molecular flexibility index (Phi) is 2.86. The Bertz CT molecular complexity index is 1340. The van der Waals surface area contributed by atoms with Gasteiger partial charge in [0.05, 0.1) is 40.1 Å². The minimum Gasteiger partial charge on any atom is -0.458 e. The van der Waals surface area contributed by atoms with Crippen LogP contribution in [0.4, 0.5) is 5.69 Å². The Labute approximate surface area is 163 Å². The van der Waals surface area contributed by atoms with Crippen LogP contribution in [0.15, 0.2) is 23.0 Å². The van der Waals surface area contributed by atoms with Crippen LogP contribution in [0.1, 0.15) is 30.0 Å². The molecule has 1 atom stereocenters. The van der Waals surface area contributed by atoms with Crippen LogP contribution in [0.3, 0.4) is 0 Å². The summed E-state index contributed by atoms with van der Waals surface area (Å²) in [6.07, 6.45) is 0.0879. The molecule has 0 saturated carbocycles. The van der Waals surface area contributed by atoms with Gasteiger partial charge in [-0.15, -0.1) is 0 Å². The van der Waals surface area contributed by atoms with Crippen LogP contribution >= 0.6 is 0 Å². The van der Waals surface area contributed by atoms with Gasteiger partial charge in [-0.1, -0.05) is 6.92 Å². The fourth-order valence-corrected chi connectivity index (χ4v) is 4.38. The van der Waals surface area contributed by atoms with Crippen LogP contribution in [0.5, 0.6) is 11.5 Å². The lowest BCUT2D eigenvalue weighted by Crippen LogP contribution is -2.44. The van der Waals surface area contributed by atoms with Gasteiger partial charge in [0.15, 0.2) is 11.4 Å². The molecule has 0 bridgehead atoms. The predicted molar refractivity (Wildman–Crippen MR) is 100 cm³/mol. The Hall–Kier alpha value is -3.59. The van der Waals surface area contributed by atoms with Crippen LogP contribution in [-0.2, 0) is 28.3 Å². The summed E-state index contributed by atoms with van der Waals surface area (Å²) >= 11 is 0. The predicted octanol–water partition coefficient (Wildman–Crippen LogP) is 1.35. The number of esters is 1. The topological polar surface area (TPSA) is 126 Å². The lowest BCUT2D eigenvalue weighted by atomic mass is 9.86. The summed E-state index contributed by atoms with van der Waals surface area (Å²) in [5.41, 5.74) is 7.11. The minimum atomic E-state index is -1.86. The first-order valence-corrected chi connectivity index (χ1v) is 9.20. The number of aliphatic hydroxyl groups is 1. The molecule has 0 saturated heterocycles. The molecule has 1 aromatic carbocycles. The lowest BCUT2D eigenvalue weighted by Gasteiger charge is -2.31. The van der Waals surface area contributed by atoms with Crippen molar-refractivity contribution < 1.29 is 24.4 Å². The number of nitrogens with zero attached hydrogens (tertiary/aromatic N) is 2. The largest absolute Gasteiger partial charge is 0.458 e. The van der Waals surface area contributed by atoms with Gasteiger partial charge in [-0.25, -0.2) is 9.78 Å². The van der Waals surface area contributed by atoms with Gasteiger partial charge < -0.3 is 20.1 Å². The maximum Gasteiger partial charge on any atom is 0.343 e. The number of hydrogen-bond acceptors (Lipinski definition) is 8. The number of ether oxygens (including phenoxy) is 1. The van der Waals surface area contributed by atoms with E-state index in [0.717, 1.165) is 0 Å². The van der Waals surface area contributed by atoms with Crippen LogP contribution in [0.25, 0.3) is 22.3 Å². The molecule has 5 heterocycles. The zero-order valence-corrected chi connectivity index (χ0v) is 15.3. The molecule has 3 N–H and O–H groups in total. The number of aromatic nitrogens is 2. The van der Waals surface area contributed by atoms with Crippen LogP contribution in [0.2, 0.25) is 0 Å². The normalized spacial score (nSPS) is 20.6. The zero-order chi connectivity index (χ0) is 20.1. The van der Waals surface area contributed by atoms with E-state index in [1.54, 1.807) is 29.7 Å². The lowest BCUT2D eigenvalue weighted by molar-refractivity contribution is -0.172. The van der Waals surface area contributed by atoms with Gasteiger partial charge in [-0.2, -0.15) is 0 Å². The molecule has 0 unspecified atom stereocenters. The highest BCUT2D eigenvalue weighted by atomic mass is 17.2. The average molecular weight is 393 g/mol. The molecule has 0 radical (unpaired) electrons. The van der Waals surface area contributed by atoms with E-state index in [4.69, 9.17) is 25.2 Å². The first-order valence-electron chi connectivity index (χ1n) is 9.20. The first-order chi connectivity index (χ1) is 13.9. The van der Waals surface area contributed by atoms with E-state index in [-0.39, 0.29) is 36.3 Å². The van der Waals surface area contributed by atoms with Crippen molar-refractivity contribution in [2.75, 3.05) is 5.73 Å². The number of nitrogens with two attached hydrogens (primary N) is 1. The quantitative estimate of drug-likeness (QED) is 0.282. The smallest absolute Gasteiger partial charge is 0.343 e. The third kappa shape index (κ3) is 1.81. The molecule has 2 aromatic heterocycles. The number of fused-ring (bicyclic) bond motifs is 5. The standard InChI is InChI=1S/C20H15N3O6/c1-2-20(26)10-5-13-15-8(6-23(13)18(24)9(10)7-27-19(20)25)16-14-12(22-15)4-3-11(21)17(14)29-28-16/h3-5,26H,2,6-7,21H2,1H3/t20-/m0/s1. The molecule has 9 nitrogen and oxygen atoms in total. The van der Waals surface area contributed by atoms with Gasteiger partial charge in [0.1, 0.15) is 6.61 Å². The minimum absolute atomic E-state index is 0.0879. The van der Waals surface area contributed by atoms with Crippen molar-refractivity contribution in [3.63, 3.8) is 0 Å². The second-order valence-electron chi connectivity index (χ2n) is 7.42. The molecule has 0 fully saturated rings. The number of pyridine rings is 2. The van der Waals surface area contributed by atoms with Crippen LogP contribution < -0.4 is 21.1 Å². The third-order valence-electron chi connectivity index (χ3n) is 6.00. The summed E-state index contributed by atoms with van der Waals surface area (Å²) in [4.78, 5) is 40.9. The first kappa shape index (κ1) is 16.4. The van der Waals surface area contributed by atoms with E-state index < -0.39 is 11.6 Å². The number of carbonyl (C=O) groups is 1. The maximum atomic E-state index is 13.2. The highest BCUT2D eigenvalue weighted by molar-refractivity contribution is 5.99. The van der Waals surface area contributed by atoms with Crippen LogP contribution in [0, 0.1) is 0 Å². The highest BCUT2D eigenvalue weighted by Gasteiger charge is 2.45. The Morgan fingerprint density at radius 2 is 2.03 bits per heavy atom. The van der Waals surface area contributed by atoms with Gasteiger partial charge in [-0.3, -0.25) is 14.6 Å². The molecule has 0 amide bonds. The van der Waals surface area contributed by atoms with E-state index in [0.29, 0.717) is 45.0 Å². The molecule has 9 heteroatoms. The summed E-state index contributed by atoms with van der Waals surface area (Å²) in [7, 11) is 0. The van der Waals surface area contributed by atoms with Crippen molar-refractivity contribution in [2.24, 2.45) is 0 Å². The molecule has 29 heavy (non-hydrogen) atoms. The van der Waals surface area contributed by atoms with Crippen LogP contribution in [-0.4, -0.2) is 20.6 Å². The monoisotopic (exact) mass is 393 g/mol. The van der Waals surface area contributed by atoms with Gasteiger partial charge in [0, 0.05) is 11.1 Å². The number of nitrogen functional groups attached to an aromatic ring is 1. The molecule has 146 valence electrons. The van der Waals surface area contributed by atoms with Gasteiger partial charge in [-0.05, 0) is 24.6 Å². The average Bonchev–Trinajstić information content (AvgIpc) is 3.31. The Morgan fingerprint density at radius 1 is 1.24 bits per heavy atom. The zero-order valence-electron chi connectivity index (χ0n) is 15.3. The second kappa shape index (κ2) is 5.06. The van der Waals surface area contributed by atoms with Crippen molar-refractivity contribution in [3.05, 3.63) is 45.2 Å². The second-order valence-corrected chi connectivity index (χ2v) is 7.42. The molecule has 0 aliphatic carbocycles. The van der Waals surface area contributed by atoms with E-state index in [1.165, 1.54) is 0 Å². The highest BCUT2D eigenvalue weighted by Crippen LogP contribution is 2.49. The summed E-state index contributed by atoms with van der Waals surface area (Å²) in [5, 5.41) is 11.6. The number of cyclic esters (lactones) is 1.